The molecule has 1 atom stereocenters. The van der Waals surface area contributed by atoms with Crippen LogP contribution in [0.3, 0.4) is 0 Å². The third-order valence-corrected chi connectivity index (χ3v) is 4.55. The van der Waals surface area contributed by atoms with E-state index >= 15 is 0 Å². The van der Waals surface area contributed by atoms with Gasteiger partial charge in [0.25, 0.3) is 17.7 Å². The Morgan fingerprint density at radius 3 is 2.55 bits per heavy atom. The number of hydrogen-bond acceptors (Lipinski definition) is 8. The maximum Gasteiger partial charge on any atom is 0.375 e. The number of ketones is 2. The molecular weight excluding hydrogens is 378 g/mol. The van der Waals surface area contributed by atoms with Crippen molar-refractivity contribution in [2.24, 2.45) is 10.2 Å². The molecule has 0 unspecified atom stereocenters. The number of esters is 1. The lowest BCUT2D eigenvalue weighted by Crippen LogP contribution is -2.30. The van der Waals surface area contributed by atoms with Crippen LogP contribution in [0.5, 0.6) is 5.88 Å². The highest BCUT2D eigenvalue weighted by Crippen LogP contribution is 2.36. The number of azo groups is 1. The molecule has 4 rings (SSSR count). The highest BCUT2D eigenvalue weighted by atomic mass is 16.5. The average molecular weight is 391 g/mol. The van der Waals surface area contributed by atoms with Crippen LogP contribution in [-0.4, -0.2) is 45.3 Å². The van der Waals surface area contributed by atoms with Crippen LogP contribution in [0.1, 0.15) is 22.0 Å². The van der Waals surface area contributed by atoms with E-state index < -0.39 is 41.0 Å². The van der Waals surface area contributed by atoms with Crippen LogP contribution >= 0.6 is 0 Å². The Hall–Kier alpha value is -4.21. The fourth-order valence-electron chi connectivity index (χ4n) is 3.19. The highest BCUT2D eigenvalue weighted by Gasteiger charge is 2.41. The quantitative estimate of drug-likeness (QED) is 0.295. The van der Waals surface area contributed by atoms with Gasteiger partial charge in [-0.15, -0.1) is 10.2 Å². The number of fused-ring (bicyclic) bond motifs is 2. The number of nitrogens with zero attached hydrogens (tertiary/aromatic N) is 4. The molecule has 1 aromatic heterocycles. The summed E-state index contributed by atoms with van der Waals surface area (Å²) in [7, 11) is 1.01. The van der Waals surface area contributed by atoms with Gasteiger partial charge < -0.3 is 9.84 Å². The molecule has 0 aliphatic carbocycles. The molecule has 3 aromatic rings. The van der Waals surface area contributed by atoms with Crippen molar-refractivity contribution in [3.63, 3.8) is 0 Å². The molecule has 2 aromatic carbocycles. The number of imidazole rings is 1. The van der Waals surface area contributed by atoms with Crippen molar-refractivity contribution in [2.75, 3.05) is 7.11 Å². The number of ether oxygens (including phenoxy) is 1. The van der Waals surface area contributed by atoms with Gasteiger partial charge in [0.15, 0.2) is 5.78 Å². The molecule has 1 aliphatic rings. The van der Waals surface area contributed by atoms with E-state index in [0.29, 0.717) is 5.39 Å². The SMILES string of the molecule is COC(=O)C(=O)[C@H](C(=O)c1cccc2ccccc12)c1nc2n(c1O)C(=N)N=N2. The topological polar surface area (TPSA) is 147 Å². The van der Waals surface area contributed by atoms with Gasteiger partial charge >= 0.3 is 5.97 Å². The van der Waals surface area contributed by atoms with Crippen LogP contribution in [0.15, 0.2) is 52.7 Å². The third kappa shape index (κ3) is 2.78. The molecule has 10 nitrogen and oxygen atoms in total. The number of aromatic hydroxyl groups is 1. The zero-order valence-corrected chi connectivity index (χ0v) is 15.0. The molecular formula is C19H13N5O5. The van der Waals surface area contributed by atoms with E-state index in [1.165, 1.54) is 6.07 Å². The summed E-state index contributed by atoms with van der Waals surface area (Å²) in [5, 5.41) is 26.5. The van der Waals surface area contributed by atoms with Gasteiger partial charge in [-0.1, -0.05) is 42.5 Å². The number of methoxy groups -OCH3 is 1. The summed E-state index contributed by atoms with van der Waals surface area (Å²) in [6.45, 7) is 0. The second kappa shape index (κ2) is 6.75. The number of nitrogens with one attached hydrogen (secondary N) is 1. The second-order valence-corrected chi connectivity index (χ2v) is 6.16. The standard InChI is InChI=1S/C19H13N5O5/c1-29-17(28)15(26)12(13-16(27)24-18(20)22-23-19(24)21-13)14(25)11-8-4-6-9-5-2-3-7-10(9)11/h2-8,12,20,27H,1H3/t12-/m0/s1. The minimum atomic E-state index is -1.77. The largest absolute Gasteiger partial charge is 0.493 e. The van der Waals surface area contributed by atoms with E-state index in [4.69, 9.17) is 5.41 Å². The van der Waals surface area contributed by atoms with E-state index in [2.05, 4.69) is 19.9 Å². The van der Waals surface area contributed by atoms with Crippen LogP contribution in [0.25, 0.3) is 10.8 Å². The van der Waals surface area contributed by atoms with Crippen molar-refractivity contribution in [3.05, 3.63) is 53.7 Å². The lowest BCUT2D eigenvalue weighted by molar-refractivity contribution is -0.151. The van der Waals surface area contributed by atoms with E-state index in [1.807, 2.05) is 0 Å². The van der Waals surface area contributed by atoms with Gasteiger partial charge in [-0.3, -0.25) is 15.0 Å². The number of carbonyl (C=O) groups excluding carboxylic acids is 3. The first kappa shape index (κ1) is 18.2. The van der Waals surface area contributed by atoms with E-state index in [-0.39, 0.29) is 11.5 Å². The lowest BCUT2D eigenvalue weighted by Gasteiger charge is -2.14. The number of rotatable bonds is 5. The number of Topliss-reactive ketones (excluding diaryl/α,β-unsaturated/α-hetero) is 2. The molecule has 0 saturated carbocycles. The molecule has 0 fully saturated rings. The fraction of sp³-hybridized carbons (Fsp3) is 0.105. The first-order valence-corrected chi connectivity index (χ1v) is 8.40. The van der Waals surface area contributed by atoms with Gasteiger partial charge in [0.1, 0.15) is 11.6 Å². The molecule has 10 heteroatoms. The Balaban J connectivity index is 1.90. The Bertz CT molecular complexity index is 1240. The second-order valence-electron chi connectivity index (χ2n) is 6.16. The Kier molecular flexibility index (Phi) is 4.23. The van der Waals surface area contributed by atoms with Crippen LogP contribution in [0, 0.1) is 5.41 Å². The zero-order chi connectivity index (χ0) is 20.7. The minimum absolute atomic E-state index is 0.170. The van der Waals surface area contributed by atoms with Crippen LogP contribution in [0.2, 0.25) is 0 Å². The van der Waals surface area contributed by atoms with Gasteiger partial charge in [-0.05, 0) is 10.8 Å². The van der Waals surface area contributed by atoms with E-state index in [0.717, 1.165) is 17.1 Å². The van der Waals surface area contributed by atoms with Gasteiger partial charge in [-0.2, -0.15) is 0 Å². The smallest absolute Gasteiger partial charge is 0.375 e. The van der Waals surface area contributed by atoms with Crippen molar-refractivity contribution < 1.29 is 24.2 Å². The molecule has 2 N–H and O–H groups in total. The molecule has 0 saturated heterocycles. The first-order valence-electron chi connectivity index (χ1n) is 8.40. The van der Waals surface area contributed by atoms with E-state index in [9.17, 15) is 19.5 Å². The van der Waals surface area contributed by atoms with Gasteiger partial charge in [0, 0.05) is 5.56 Å². The van der Waals surface area contributed by atoms with Gasteiger partial charge in [0.05, 0.1) is 7.11 Å². The monoisotopic (exact) mass is 391 g/mol. The highest BCUT2D eigenvalue weighted by molar-refractivity contribution is 6.42. The van der Waals surface area contributed by atoms with Gasteiger partial charge in [-0.25, -0.2) is 14.3 Å². The number of hydrogen-bond donors (Lipinski definition) is 2. The van der Waals surface area contributed by atoms with Crippen LogP contribution in [0.4, 0.5) is 5.95 Å². The summed E-state index contributed by atoms with van der Waals surface area (Å²) in [5.41, 5.74) is -0.216. The first-order chi connectivity index (χ1) is 13.9. The lowest BCUT2D eigenvalue weighted by atomic mass is 9.88. The number of carbonyl (C=O) groups is 3. The van der Waals surface area contributed by atoms with Gasteiger partial charge in [0.2, 0.25) is 5.88 Å². The maximum atomic E-state index is 13.4. The molecule has 144 valence electrons. The Morgan fingerprint density at radius 1 is 1.10 bits per heavy atom. The predicted molar refractivity (Wildman–Crippen MR) is 99.6 cm³/mol. The molecule has 1 aliphatic heterocycles. The van der Waals surface area contributed by atoms with Crippen molar-refractivity contribution in [1.29, 1.82) is 5.41 Å². The predicted octanol–water partition coefficient (Wildman–Crippen LogP) is 2.33. The Morgan fingerprint density at radius 2 is 1.83 bits per heavy atom. The van der Waals surface area contributed by atoms with Crippen LogP contribution in [-0.2, 0) is 14.3 Å². The third-order valence-electron chi connectivity index (χ3n) is 4.55. The van der Waals surface area contributed by atoms with Crippen LogP contribution < -0.4 is 0 Å². The molecule has 0 radical (unpaired) electrons. The summed E-state index contributed by atoms with van der Waals surface area (Å²) >= 11 is 0. The van der Waals surface area contributed by atoms with E-state index in [1.54, 1.807) is 36.4 Å². The fourth-order valence-corrected chi connectivity index (χ4v) is 3.19. The molecule has 2 heterocycles. The summed E-state index contributed by atoms with van der Waals surface area (Å²) < 4.78 is 5.35. The van der Waals surface area contributed by atoms with Crippen molar-refractivity contribution in [2.45, 2.75) is 5.92 Å². The maximum absolute atomic E-state index is 13.4. The summed E-state index contributed by atoms with van der Waals surface area (Å²) in [5.74, 6) is -6.23. The Labute approximate surface area is 163 Å². The number of benzene rings is 2. The average Bonchev–Trinajstić information content (AvgIpc) is 3.26. The molecule has 0 bridgehead atoms. The van der Waals surface area contributed by atoms with Crippen molar-refractivity contribution in [3.8, 4) is 5.88 Å². The number of aromatic nitrogens is 2. The zero-order valence-electron chi connectivity index (χ0n) is 15.0. The summed E-state index contributed by atoms with van der Waals surface area (Å²) in [4.78, 5) is 42.0. The van der Waals surface area contributed by atoms with Crippen molar-refractivity contribution >= 4 is 40.2 Å². The molecule has 0 spiro atoms. The normalized spacial score (nSPS) is 13.3. The van der Waals surface area contributed by atoms with Crippen molar-refractivity contribution in [1.82, 2.24) is 9.55 Å². The summed E-state index contributed by atoms with van der Waals surface area (Å²) in [6.07, 6.45) is 0. The summed E-state index contributed by atoms with van der Waals surface area (Å²) in [6, 6.07) is 12.0. The molecule has 29 heavy (non-hydrogen) atoms. The molecule has 0 amide bonds. The minimum Gasteiger partial charge on any atom is -0.493 e.